The van der Waals surface area contributed by atoms with Gasteiger partial charge in [-0.05, 0) is 42.7 Å². The van der Waals surface area contributed by atoms with E-state index in [9.17, 15) is 13.2 Å². The molecule has 8 heteroatoms. The van der Waals surface area contributed by atoms with Gasteiger partial charge in [0.2, 0.25) is 0 Å². The van der Waals surface area contributed by atoms with Crippen molar-refractivity contribution in [2.75, 3.05) is 11.4 Å². The zero-order valence-corrected chi connectivity index (χ0v) is 15.3. The van der Waals surface area contributed by atoms with Crippen LogP contribution in [0.2, 0.25) is 0 Å². The predicted octanol–water partition coefficient (Wildman–Crippen LogP) is 3.20. The molecule has 2 aromatic rings. The van der Waals surface area contributed by atoms with E-state index in [4.69, 9.17) is 9.84 Å². The molecule has 0 bridgehead atoms. The lowest BCUT2D eigenvalue weighted by Crippen LogP contribution is -2.30. The molecule has 0 atom stereocenters. The van der Waals surface area contributed by atoms with E-state index >= 15 is 0 Å². The molecule has 1 saturated heterocycles. The highest BCUT2D eigenvalue weighted by atomic mass is 32.2. The summed E-state index contributed by atoms with van der Waals surface area (Å²) in [5, 5.41) is 8.73. The van der Waals surface area contributed by atoms with Crippen molar-refractivity contribution in [2.24, 2.45) is 4.40 Å². The fraction of sp³-hybridized carbons (Fsp3) is 0.263. The van der Waals surface area contributed by atoms with E-state index in [2.05, 4.69) is 4.40 Å². The van der Waals surface area contributed by atoms with Gasteiger partial charge >= 0.3 is 5.97 Å². The Balaban J connectivity index is 1.56. The Labute approximate surface area is 157 Å². The highest BCUT2D eigenvalue weighted by Gasteiger charge is 2.33. The zero-order chi connectivity index (χ0) is 19.0. The molecule has 0 radical (unpaired) electrons. The first-order valence-electron chi connectivity index (χ1n) is 8.66. The average molecular weight is 386 g/mol. The van der Waals surface area contributed by atoms with Crippen molar-refractivity contribution < 1.29 is 23.1 Å². The quantitative estimate of drug-likeness (QED) is 0.848. The molecule has 2 heterocycles. The van der Waals surface area contributed by atoms with Gasteiger partial charge < -0.3 is 14.7 Å². The Bertz CT molecular complexity index is 1030. The monoisotopic (exact) mass is 386 g/mol. The average Bonchev–Trinajstić information content (AvgIpc) is 3.09. The summed E-state index contributed by atoms with van der Waals surface area (Å²) < 4.78 is 34.7. The van der Waals surface area contributed by atoms with Crippen LogP contribution in [0.5, 0.6) is 11.5 Å². The minimum Gasteiger partial charge on any atom is -0.481 e. The highest BCUT2D eigenvalue weighted by molar-refractivity contribution is 7.90. The molecule has 2 aliphatic rings. The summed E-state index contributed by atoms with van der Waals surface area (Å²) in [6, 6.07) is 12.1. The number of carboxylic acid groups (broad SMARTS) is 1. The van der Waals surface area contributed by atoms with Gasteiger partial charge in [0.1, 0.15) is 22.2 Å². The molecule has 0 saturated carbocycles. The van der Waals surface area contributed by atoms with Crippen molar-refractivity contribution >= 4 is 27.5 Å². The van der Waals surface area contributed by atoms with Gasteiger partial charge in [-0.25, -0.2) is 0 Å². The zero-order valence-electron chi connectivity index (χ0n) is 14.5. The van der Waals surface area contributed by atoms with Crippen molar-refractivity contribution in [3.8, 4) is 11.5 Å². The fourth-order valence-corrected chi connectivity index (χ4v) is 4.57. The first-order chi connectivity index (χ1) is 12.9. The van der Waals surface area contributed by atoms with Gasteiger partial charge in [0.05, 0.1) is 5.69 Å². The topological polar surface area (TPSA) is 96.3 Å². The molecule has 140 valence electrons. The van der Waals surface area contributed by atoms with E-state index in [-0.39, 0.29) is 11.3 Å². The van der Waals surface area contributed by atoms with Gasteiger partial charge in [0.15, 0.2) is 0 Å². The molecule has 2 aromatic carbocycles. The Morgan fingerprint density at radius 1 is 1.15 bits per heavy atom. The number of aliphatic carboxylic acids is 1. The normalized spacial score (nSPS) is 17.0. The molecule has 4 rings (SSSR count). The molecule has 0 aromatic heterocycles. The summed E-state index contributed by atoms with van der Waals surface area (Å²) in [5.41, 5.74) is 1.54. The number of carboxylic acids is 1. The Morgan fingerprint density at radius 3 is 2.63 bits per heavy atom. The predicted molar refractivity (Wildman–Crippen MR) is 100 cm³/mol. The van der Waals surface area contributed by atoms with Crippen LogP contribution in [-0.2, 0) is 21.2 Å². The van der Waals surface area contributed by atoms with E-state index in [1.54, 1.807) is 36.4 Å². The van der Waals surface area contributed by atoms with Crippen molar-refractivity contribution in [3.05, 3.63) is 48.0 Å². The molecule has 0 spiro atoms. The van der Waals surface area contributed by atoms with Crippen molar-refractivity contribution in [3.63, 3.8) is 0 Å². The van der Waals surface area contributed by atoms with Gasteiger partial charge in [-0.1, -0.05) is 12.1 Å². The molecule has 1 fully saturated rings. The van der Waals surface area contributed by atoms with Crippen LogP contribution in [0.25, 0.3) is 0 Å². The number of ether oxygens (including phenoxy) is 1. The third kappa shape index (κ3) is 3.52. The van der Waals surface area contributed by atoms with Gasteiger partial charge in [0, 0.05) is 25.5 Å². The maximum Gasteiger partial charge on any atom is 0.303 e. The van der Waals surface area contributed by atoms with Crippen LogP contribution < -0.4 is 9.64 Å². The third-order valence-electron chi connectivity index (χ3n) is 4.61. The SMILES string of the molecule is O=C(O)CCc1ccc(Oc2ccc3c(c2)S(=O)(=O)N=C2CCCN23)cc1. The van der Waals surface area contributed by atoms with Crippen LogP contribution in [0.4, 0.5) is 5.69 Å². The molecule has 0 unspecified atom stereocenters. The molecular weight excluding hydrogens is 368 g/mol. The fourth-order valence-electron chi connectivity index (χ4n) is 3.30. The third-order valence-corrected chi connectivity index (χ3v) is 5.94. The van der Waals surface area contributed by atoms with Crippen LogP contribution in [-0.4, -0.2) is 31.9 Å². The lowest BCUT2D eigenvalue weighted by Gasteiger charge is -2.25. The summed E-state index contributed by atoms with van der Waals surface area (Å²) >= 11 is 0. The highest BCUT2D eigenvalue weighted by Crippen LogP contribution is 2.38. The second kappa shape index (κ2) is 6.70. The summed E-state index contributed by atoms with van der Waals surface area (Å²) in [6.45, 7) is 0.763. The maximum absolute atomic E-state index is 12.5. The van der Waals surface area contributed by atoms with Gasteiger partial charge in [-0.3, -0.25) is 4.79 Å². The molecule has 7 nitrogen and oxygen atoms in total. The number of hydrogen-bond donors (Lipinski definition) is 1. The van der Waals surface area contributed by atoms with Crippen molar-refractivity contribution in [1.29, 1.82) is 0 Å². The number of rotatable bonds is 5. The minimum absolute atomic E-state index is 0.0713. The second-order valence-electron chi connectivity index (χ2n) is 6.51. The maximum atomic E-state index is 12.5. The Hall–Kier alpha value is -2.87. The first kappa shape index (κ1) is 17.5. The number of aryl methyl sites for hydroxylation is 1. The summed E-state index contributed by atoms with van der Waals surface area (Å²) in [7, 11) is -3.72. The van der Waals surface area contributed by atoms with E-state index < -0.39 is 16.0 Å². The van der Waals surface area contributed by atoms with Crippen LogP contribution in [0, 0.1) is 0 Å². The molecule has 1 N–H and O–H groups in total. The molecule has 27 heavy (non-hydrogen) atoms. The van der Waals surface area contributed by atoms with Gasteiger partial charge in [0.25, 0.3) is 10.0 Å². The summed E-state index contributed by atoms with van der Waals surface area (Å²) in [5.74, 6) is 0.726. The molecular formula is C19H18N2O5S. The van der Waals surface area contributed by atoms with Crippen molar-refractivity contribution in [2.45, 2.75) is 30.6 Å². The Kier molecular flexibility index (Phi) is 4.35. The molecule has 2 aliphatic heterocycles. The van der Waals surface area contributed by atoms with Crippen molar-refractivity contribution in [1.82, 2.24) is 0 Å². The summed E-state index contributed by atoms with van der Waals surface area (Å²) in [4.78, 5) is 12.7. The number of benzene rings is 2. The Morgan fingerprint density at radius 2 is 1.89 bits per heavy atom. The largest absolute Gasteiger partial charge is 0.481 e. The smallest absolute Gasteiger partial charge is 0.303 e. The lowest BCUT2D eigenvalue weighted by atomic mass is 10.1. The first-order valence-corrected chi connectivity index (χ1v) is 10.1. The van der Waals surface area contributed by atoms with E-state index in [1.807, 2.05) is 4.90 Å². The number of nitrogens with zero attached hydrogens (tertiary/aromatic N) is 2. The number of sulfonamides is 1. The number of carbonyl (C=O) groups is 1. The standard InChI is InChI=1S/C19H18N2O5S/c22-19(23)10-5-13-3-6-14(7-4-13)26-15-8-9-16-17(12-15)27(24,25)20-18-2-1-11-21(16)18/h3-4,6-9,12H,1-2,5,10-11H2,(H,22,23). The van der Waals surface area contributed by atoms with Gasteiger partial charge in [-0.15, -0.1) is 4.40 Å². The minimum atomic E-state index is -3.72. The molecule has 0 aliphatic carbocycles. The number of fused-ring (bicyclic) bond motifs is 3. The van der Waals surface area contributed by atoms with E-state index in [1.165, 1.54) is 6.07 Å². The number of amidine groups is 1. The second-order valence-corrected chi connectivity index (χ2v) is 8.08. The van der Waals surface area contributed by atoms with Gasteiger partial charge in [-0.2, -0.15) is 8.42 Å². The summed E-state index contributed by atoms with van der Waals surface area (Å²) in [6.07, 6.45) is 2.08. The van der Waals surface area contributed by atoms with Crippen LogP contribution in [0.3, 0.4) is 0 Å². The number of hydrogen-bond acceptors (Lipinski definition) is 5. The van der Waals surface area contributed by atoms with E-state index in [0.29, 0.717) is 35.9 Å². The van der Waals surface area contributed by atoms with Crippen LogP contribution >= 0.6 is 0 Å². The van der Waals surface area contributed by atoms with Crippen LogP contribution in [0.15, 0.2) is 51.8 Å². The number of anilines is 1. The molecule has 0 amide bonds. The van der Waals surface area contributed by atoms with Crippen LogP contribution in [0.1, 0.15) is 24.8 Å². The van der Waals surface area contributed by atoms with E-state index in [0.717, 1.165) is 18.5 Å². The lowest BCUT2D eigenvalue weighted by molar-refractivity contribution is -0.136.